The predicted molar refractivity (Wildman–Crippen MR) is 136 cm³/mol. The number of fused-ring (bicyclic) bond motifs is 1. The maximum atomic E-state index is 12.8. The first kappa shape index (κ1) is 22.7. The second-order valence-electron chi connectivity index (χ2n) is 8.91. The summed E-state index contributed by atoms with van der Waals surface area (Å²) in [5.41, 5.74) is 6.27. The van der Waals surface area contributed by atoms with E-state index in [1.54, 1.807) is 0 Å². The Labute approximate surface area is 203 Å². The number of rotatable bonds is 7. The van der Waals surface area contributed by atoms with Gasteiger partial charge in [-0.1, -0.05) is 47.7 Å². The summed E-state index contributed by atoms with van der Waals surface area (Å²) in [6.45, 7) is 7.56. The Balaban J connectivity index is 1.38. The summed E-state index contributed by atoms with van der Waals surface area (Å²) in [4.78, 5) is 16.1. The minimum atomic E-state index is -0.0552. The van der Waals surface area contributed by atoms with E-state index in [4.69, 9.17) is 4.74 Å². The molecule has 1 aliphatic heterocycles. The van der Waals surface area contributed by atoms with Gasteiger partial charge in [-0.25, -0.2) is 0 Å². The molecular formula is C26H29N5O2S. The summed E-state index contributed by atoms with van der Waals surface area (Å²) in [5, 5.41) is 13.9. The maximum Gasteiger partial charge on any atom is 0.234 e. The van der Waals surface area contributed by atoms with Crippen molar-refractivity contribution in [1.29, 1.82) is 0 Å². The SMILES string of the molecule is Cc1cc(C)c(NC(=O)CSc2nnc(-c3c[nH]c4ccccc34)n2CC2CCCO2)c(C)c1. The third-order valence-electron chi connectivity index (χ3n) is 6.23. The van der Waals surface area contributed by atoms with Crippen molar-refractivity contribution >= 4 is 34.3 Å². The van der Waals surface area contributed by atoms with Crippen molar-refractivity contribution in [2.24, 2.45) is 0 Å². The molecule has 2 aromatic heterocycles. The van der Waals surface area contributed by atoms with Crippen molar-refractivity contribution in [1.82, 2.24) is 19.7 Å². The highest BCUT2D eigenvalue weighted by Crippen LogP contribution is 2.31. The second kappa shape index (κ2) is 9.64. The molecule has 2 aromatic carbocycles. The third-order valence-corrected chi connectivity index (χ3v) is 7.20. The number of para-hydroxylation sites is 1. The molecule has 1 atom stereocenters. The van der Waals surface area contributed by atoms with Gasteiger partial charge in [0.05, 0.1) is 18.4 Å². The smallest absolute Gasteiger partial charge is 0.234 e. The molecule has 1 fully saturated rings. The highest BCUT2D eigenvalue weighted by Gasteiger charge is 2.23. The number of H-pyrrole nitrogens is 1. The number of ether oxygens (including phenoxy) is 1. The molecule has 0 radical (unpaired) electrons. The van der Waals surface area contributed by atoms with Crippen LogP contribution in [0.3, 0.4) is 0 Å². The van der Waals surface area contributed by atoms with Crippen LogP contribution in [0.25, 0.3) is 22.3 Å². The largest absolute Gasteiger partial charge is 0.376 e. The number of carbonyl (C=O) groups excluding carboxylic acids is 1. The lowest BCUT2D eigenvalue weighted by atomic mass is 10.1. The number of aromatic nitrogens is 4. The quantitative estimate of drug-likeness (QED) is 0.356. The van der Waals surface area contributed by atoms with Crippen molar-refractivity contribution in [3.63, 3.8) is 0 Å². The fraction of sp³-hybridized carbons (Fsp3) is 0.346. The number of aromatic amines is 1. The van der Waals surface area contributed by atoms with Crippen LogP contribution in [0.2, 0.25) is 0 Å². The minimum Gasteiger partial charge on any atom is -0.376 e. The van der Waals surface area contributed by atoms with Crippen molar-refractivity contribution in [2.45, 2.75) is 51.4 Å². The number of hydrogen-bond donors (Lipinski definition) is 2. The van der Waals surface area contributed by atoms with E-state index < -0.39 is 0 Å². The number of thioether (sulfide) groups is 1. The van der Waals surface area contributed by atoms with Crippen LogP contribution in [0.1, 0.15) is 29.5 Å². The van der Waals surface area contributed by atoms with Gasteiger partial charge in [-0.2, -0.15) is 0 Å². The monoisotopic (exact) mass is 475 g/mol. The van der Waals surface area contributed by atoms with Crippen LogP contribution < -0.4 is 5.32 Å². The number of hydrogen-bond acceptors (Lipinski definition) is 5. The van der Waals surface area contributed by atoms with Gasteiger partial charge in [-0.05, 0) is 50.8 Å². The Kier molecular flexibility index (Phi) is 6.43. The molecule has 34 heavy (non-hydrogen) atoms. The first-order valence-electron chi connectivity index (χ1n) is 11.6. The normalized spacial score (nSPS) is 15.8. The topological polar surface area (TPSA) is 84.8 Å². The first-order valence-corrected chi connectivity index (χ1v) is 12.6. The molecule has 7 nitrogen and oxygen atoms in total. The highest BCUT2D eigenvalue weighted by atomic mass is 32.2. The van der Waals surface area contributed by atoms with Crippen LogP contribution in [0.15, 0.2) is 47.8 Å². The summed E-state index contributed by atoms with van der Waals surface area (Å²) in [6, 6.07) is 12.3. The average Bonchev–Trinajstić information content (AvgIpc) is 3.55. The molecule has 8 heteroatoms. The molecule has 176 valence electrons. The number of nitrogens with zero attached hydrogens (tertiary/aromatic N) is 3. The molecule has 0 spiro atoms. The van der Waals surface area contributed by atoms with Crippen LogP contribution in [0.5, 0.6) is 0 Å². The molecule has 3 heterocycles. The van der Waals surface area contributed by atoms with Crippen molar-refractivity contribution in [3.8, 4) is 11.4 Å². The van der Waals surface area contributed by atoms with Gasteiger partial charge in [0.1, 0.15) is 0 Å². The summed E-state index contributed by atoms with van der Waals surface area (Å²) in [7, 11) is 0. The number of amides is 1. The number of aryl methyl sites for hydroxylation is 3. The van der Waals surface area contributed by atoms with E-state index in [1.807, 2.05) is 32.2 Å². The molecule has 5 rings (SSSR count). The van der Waals surface area contributed by atoms with Crippen LogP contribution in [-0.4, -0.2) is 44.1 Å². The summed E-state index contributed by atoms with van der Waals surface area (Å²) < 4.78 is 8.01. The van der Waals surface area contributed by atoms with E-state index >= 15 is 0 Å². The zero-order valence-corrected chi connectivity index (χ0v) is 20.5. The maximum absolute atomic E-state index is 12.8. The van der Waals surface area contributed by atoms with Crippen molar-refractivity contribution in [2.75, 3.05) is 17.7 Å². The van der Waals surface area contributed by atoms with Crippen LogP contribution >= 0.6 is 11.8 Å². The number of carbonyl (C=O) groups is 1. The van der Waals surface area contributed by atoms with E-state index in [0.29, 0.717) is 6.54 Å². The Morgan fingerprint density at radius 2 is 2.00 bits per heavy atom. The van der Waals surface area contributed by atoms with E-state index in [9.17, 15) is 4.79 Å². The lowest BCUT2D eigenvalue weighted by Crippen LogP contribution is -2.18. The zero-order valence-electron chi connectivity index (χ0n) is 19.7. The van der Waals surface area contributed by atoms with Gasteiger partial charge in [-0.15, -0.1) is 10.2 Å². The standard InChI is InChI=1S/C26H29N5O2S/c1-16-11-17(2)24(18(3)12-16)28-23(32)15-34-26-30-29-25(31(26)14-19-7-6-10-33-19)21-13-27-22-9-5-4-8-20(21)22/h4-5,8-9,11-13,19,27H,6-7,10,14-15H2,1-3H3,(H,28,32). The van der Waals surface area contributed by atoms with E-state index in [2.05, 4.69) is 56.3 Å². The highest BCUT2D eigenvalue weighted by molar-refractivity contribution is 7.99. The Bertz CT molecular complexity index is 1310. The fourth-order valence-electron chi connectivity index (χ4n) is 4.69. The molecule has 1 saturated heterocycles. The van der Waals surface area contributed by atoms with Gasteiger partial charge in [0.15, 0.2) is 11.0 Å². The molecule has 2 N–H and O–H groups in total. The van der Waals surface area contributed by atoms with E-state index in [1.165, 1.54) is 17.3 Å². The van der Waals surface area contributed by atoms with Crippen LogP contribution in [0.4, 0.5) is 5.69 Å². The van der Waals surface area contributed by atoms with Gasteiger partial charge in [-0.3, -0.25) is 9.36 Å². The fourth-order valence-corrected chi connectivity index (χ4v) is 5.44. The Morgan fingerprint density at radius 3 is 2.76 bits per heavy atom. The Morgan fingerprint density at radius 1 is 1.21 bits per heavy atom. The Hall–Kier alpha value is -3.10. The van der Waals surface area contributed by atoms with Gasteiger partial charge in [0.2, 0.25) is 5.91 Å². The van der Waals surface area contributed by atoms with Crippen molar-refractivity contribution < 1.29 is 9.53 Å². The zero-order chi connectivity index (χ0) is 23.7. The van der Waals surface area contributed by atoms with Gasteiger partial charge in [0.25, 0.3) is 0 Å². The van der Waals surface area contributed by atoms with E-state index in [0.717, 1.165) is 63.7 Å². The second-order valence-corrected chi connectivity index (χ2v) is 9.85. The van der Waals surface area contributed by atoms with Crippen LogP contribution in [-0.2, 0) is 16.1 Å². The molecule has 1 amide bonds. The lowest BCUT2D eigenvalue weighted by Gasteiger charge is -2.15. The number of benzene rings is 2. The lowest BCUT2D eigenvalue weighted by molar-refractivity contribution is -0.113. The van der Waals surface area contributed by atoms with Gasteiger partial charge >= 0.3 is 0 Å². The average molecular weight is 476 g/mol. The van der Waals surface area contributed by atoms with E-state index in [-0.39, 0.29) is 17.8 Å². The molecule has 0 bridgehead atoms. The molecule has 4 aromatic rings. The van der Waals surface area contributed by atoms with Crippen LogP contribution in [0, 0.1) is 20.8 Å². The molecule has 0 saturated carbocycles. The molecule has 1 aliphatic rings. The number of anilines is 1. The number of nitrogens with one attached hydrogen (secondary N) is 2. The molecular weight excluding hydrogens is 446 g/mol. The van der Waals surface area contributed by atoms with Crippen molar-refractivity contribution in [3.05, 3.63) is 59.3 Å². The predicted octanol–water partition coefficient (Wildman–Crippen LogP) is 5.26. The first-order chi connectivity index (χ1) is 16.5. The summed E-state index contributed by atoms with van der Waals surface area (Å²) in [6.07, 6.45) is 4.19. The summed E-state index contributed by atoms with van der Waals surface area (Å²) >= 11 is 1.41. The molecule has 1 unspecified atom stereocenters. The van der Waals surface area contributed by atoms with Gasteiger partial charge < -0.3 is 15.0 Å². The minimum absolute atomic E-state index is 0.0552. The third kappa shape index (κ3) is 4.60. The van der Waals surface area contributed by atoms with Gasteiger partial charge in [0, 0.05) is 35.0 Å². The molecule has 0 aliphatic carbocycles. The summed E-state index contributed by atoms with van der Waals surface area (Å²) in [5.74, 6) is 0.992.